The maximum Gasteiger partial charge on any atom is 0.155 e. The molecule has 0 aliphatic rings. The highest BCUT2D eigenvalue weighted by Gasteiger charge is 1.90. The van der Waals surface area contributed by atoms with E-state index < -0.39 is 0 Å². The first kappa shape index (κ1) is 15.3. The molecular formula is C12H20O2. The van der Waals surface area contributed by atoms with Crippen molar-refractivity contribution in [2.24, 2.45) is 0 Å². The molecule has 0 bridgehead atoms. The Hall–Kier alpha value is -1.18. The van der Waals surface area contributed by atoms with Crippen molar-refractivity contribution in [3.8, 4) is 0 Å². The molecular weight excluding hydrogens is 176 g/mol. The van der Waals surface area contributed by atoms with Crippen LogP contribution in [-0.2, 0) is 9.59 Å². The van der Waals surface area contributed by atoms with E-state index in [9.17, 15) is 9.59 Å². The van der Waals surface area contributed by atoms with Crippen LogP contribution in [0.3, 0.4) is 0 Å². The molecule has 0 saturated heterocycles. The summed E-state index contributed by atoms with van der Waals surface area (Å²) in [6, 6.07) is 0. The van der Waals surface area contributed by atoms with E-state index in [1.54, 1.807) is 0 Å². The van der Waals surface area contributed by atoms with Gasteiger partial charge in [0.15, 0.2) is 11.6 Å². The van der Waals surface area contributed by atoms with Gasteiger partial charge < -0.3 is 0 Å². The van der Waals surface area contributed by atoms with Crippen LogP contribution in [0.15, 0.2) is 25.3 Å². The minimum atomic E-state index is 0.106. The summed E-state index contributed by atoms with van der Waals surface area (Å²) in [6.45, 7) is 10.5. The molecule has 0 aromatic heterocycles. The lowest BCUT2D eigenvalue weighted by molar-refractivity contribution is -0.115. The maximum atomic E-state index is 10.5. The van der Waals surface area contributed by atoms with Gasteiger partial charge in [-0.25, -0.2) is 0 Å². The van der Waals surface area contributed by atoms with Crippen LogP contribution in [0.4, 0.5) is 0 Å². The highest BCUT2D eigenvalue weighted by Crippen LogP contribution is 1.94. The smallest absolute Gasteiger partial charge is 0.155 e. The first-order chi connectivity index (χ1) is 6.62. The molecule has 0 amide bonds. The van der Waals surface area contributed by atoms with E-state index in [1.165, 1.54) is 12.2 Å². The number of allylic oxidation sites excluding steroid dienone is 2. The summed E-state index contributed by atoms with van der Waals surface area (Å²) in [5.41, 5.74) is 0. The summed E-state index contributed by atoms with van der Waals surface area (Å²) in [7, 11) is 0. The van der Waals surface area contributed by atoms with Crippen LogP contribution in [0, 0.1) is 0 Å². The number of unbranched alkanes of at least 4 members (excludes halogenated alkanes) is 1. The highest BCUT2D eigenvalue weighted by atomic mass is 16.1. The summed E-state index contributed by atoms with van der Waals surface area (Å²) in [5, 5.41) is 0. The second-order valence-corrected chi connectivity index (χ2v) is 2.80. The average molecular weight is 196 g/mol. The van der Waals surface area contributed by atoms with Crippen LogP contribution in [0.2, 0.25) is 0 Å². The Morgan fingerprint density at radius 2 is 1.57 bits per heavy atom. The Balaban J connectivity index is 0. The third-order valence-electron chi connectivity index (χ3n) is 1.58. The fraction of sp³-hybridized carbons (Fsp3) is 0.500. The normalized spacial score (nSPS) is 8.14. The van der Waals surface area contributed by atoms with Gasteiger partial charge in [0.25, 0.3) is 0 Å². The molecule has 0 atom stereocenters. The van der Waals surface area contributed by atoms with Crippen molar-refractivity contribution in [3.63, 3.8) is 0 Å². The van der Waals surface area contributed by atoms with E-state index in [0.29, 0.717) is 12.8 Å². The van der Waals surface area contributed by atoms with Gasteiger partial charge in [0, 0.05) is 12.8 Å². The Kier molecular flexibility index (Phi) is 12.9. The van der Waals surface area contributed by atoms with Crippen LogP contribution >= 0.6 is 0 Å². The number of hydrogen-bond acceptors (Lipinski definition) is 2. The molecule has 2 nitrogen and oxygen atoms in total. The van der Waals surface area contributed by atoms with E-state index in [1.807, 2.05) is 6.92 Å². The first-order valence-electron chi connectivity index (χ1n) is 4.92. The van der Waals surface area contributed by atoms with Crippen LogP contribution < -0.4 is 0 Å². The van der Waals surface area contributed by atoms with E-state index in [-0.39, 0.29) is 11.6 Å². The molecule has 0 aliphatic heterocycles. The lowest BCUT2D eigenvalue weighted by Crippen LogP contribution is -1.89. The summed E-state index contributed by atoms with van der Waals surface area (Å²) < 4.78 is 0. The van der Waals surface area contributed by atoms with Gasteiger partial charge in [0.2, 0.25) is 0 Å². The minimum absolute atomic E-state index is 0.106. The first-order valence-corrected chi connectivity index (χ1v) is 4.92. The predicted octanol–water partition coefficient (Wildman–Crippen LogP) is 3.08. The number of rotatable bonds is 6. The fourth-order valence-electron chi connectivity index (χ4n) is 0.597. The second kappa shape index (κ2) is 11.8. The molecule has 14 heavy (non-hydrogen) atoms. The van der Waals surface area contributed by atoms with Crippen LogP contribution in [0.5, 0.6) is 0 Å². The predicted molar refractivity (Wildman–Crippen MR) is 60.2 cm³/mol. The third kappa shape index (κ3) is 13.4. The molecule has 0 heterocycles. The van der Waals surface area contributed by atoms with Gasteiger partial charge in [-0.15, -0.1) is 0 Å². The Morgan fingerprint density at radius 1 is 1.07 bits per heavy atom. The van der Waals surface area contributed by atoms with Gasteiger partial charge in [-0.3, -0.25) is 9.59 Å². The zero-order valence-corrected chi connectivity index (χ0v) is 9.21. The van der Waals surface area contributed by atoms with Crippen LogP contribution in [-0.4, -0.2) is 11.6 Å². The lowest BCUT2D eigenvalue weighted by Gasteiger charge is -1.88. The van der Waals surface area contributed by atoms with E-state index in [2.05, 4.69) is 20.1 Å². The Morgan fingerprint density at radius 3 is 1.79 bits per heavy atom. The summed E-state index contributed by atoms with van der Waals surface area (Å²) in [6.07, 6.45) is 6.03. The zero-order valence-electron chi connectivity index (χ0n) is 9.21. The molecule has 0 aromatic rings. The summed E-state index contributed by atoms with van der Waals surface area (Å²) in [5.74, 6) is 0.266. The largest absolute Gasteiger partial charge is 0.295 e. The van der Waals surface area contributed by atoms with Gasteiger partial charge in [-0.2, -0.15) is 0 Å². The number of carbonyl (C=O) groups is 2. The Bertz CT molecular complexity index is 192. The summed E-state index contributed by atoms with van der Waals surface area (Å²) in [4.78, 5) is 20.5. The monoisotopic (exact) mass is 196 g/mol. The third-order valence-corrected chi connectivity index (χ3v) is 1.58. The van der Waals surface area contributed by atoms with E-state index in [4.69, 9.17) is 0 Å². The van der Waals surface area contributed by atoms with Gasteiger partial charge in [-0.05, 0) is 18.6 Å². The van der Waals surface area contributed by atoms with Crippen LogP contribution in [0.1, 0.15) is 39.5 Å². The standard InChI is InChI=1S/C7H12O.C5H8O/c1-3-5-6-7(8)4-2;1-3-5(6)4-2/h4H,2-3,5-6H2,1H3;3H,1,4H2,2H3. The highest BCUT2D eigenvalue weighted by molar-refractivity contribution is 5.89. The molecule has 2 heteroatoms. The minimum Gasteiger partial charge on any atom is -0.295 e. The quantitative estimate of drug-likeness (QED) is 0.612. The van der Waals surface area contributed by atoms with Crippen molar-refractivity contribution >= 4 is 11.6 Å². The lowest BCUT2D eigenvalue weighted by atomic mass is 10.2. The molecule has 0 fully saturated rings. The Labute approximate surface area is 86.7 Å². The number of ketones is 2. The zero-order chi connectivity index (χ0) is 11.4. The molecule has 0 saturated carbocycles. The van der Waals surface area contributed by atoms with Crippen molar-refractivity contribution in [1.82, 2.24) is 0 Å². The average Bonchev–Trinajstić information content (AvgIpc) is 2.25. The van der Waals surface area contributed by atoms with Crippen molar-refractivity contribution in [1.29, 1.82) is 0 Å². The molecule has 0 unspecified atom stereocenters. The van der Waals surface area contributed by atoms with E-state index >= 15 is 0 Å². The van der Waals surface area contributed by atoms with Crippen molar-refractivity contribution in [2.45, 2.75) is 39.5 Å². The molecule has 80 valence electrons. The number of carbonyl (C=O) groups excluding carboxylic acids is 2. The van der Waals surface area contributed by atoms with Crippen molar-refractivity contribution < 1.29 is 9.59 Å². The molecule has 0 aromatic carbocycles. The topological polar surface area (TPSA) is 34.1 Å². The number of hydrogen-bond donors (Lipinski definition) is 0. The van der Waals surface area contributed by atoms with Gasteiger partial charge in [-0.1, -0.05) is 33.4 Å². The molecule has 0 rings (SSSR count). The second-order valence-electron chi connectivity index (χ2n) is 2.80. The molecule has 0 aliphatic carbocycles. The van der Waals surface area contributed by atoms with Gasteiger partial charge >= 0.3 is 0 Å². The van der Waals surface area contributed by atoms with E-state index in [0.717, 1.165) is 12.8 Å². The van der Waals surface area contributed by atoms with Crippen molar-refractivity contribution in [3.05, 3.63) is 25.3 Å². The van der Waals surface area contributed by atoms with Crippen LogP contribution in [0.25, 0.3) is 0 Å². The molecule has 0 spiro atoms. The molecule has 0 N–H and O–H groups in total. The molecule has 0 radical (unpaired) electrons. The SMILES string of the molecule is C=CC(=O)CC.C=CC(=O)CCCC. The van der Waals surface area contributed by atoms with Crippen molar-refractivity contribution in [2.75, 3.05) is 0 Å². The van der Waals surface area contributed by atoms with Gasteiger partial charge in [0.1, 0.15) is 0 Å². The fourth-order valence-corrected chi connectivity index (χ4v) is 0.597. The van der Waals surface area contributed by atoms with Gasteiger partial charge in [0.05, 0.1) is 0 Å². The summed E-state index contributed by atoms with van der Waals surface area (Å²) >= 11 is 0. The maximum absolute atomic E-state index is 10.5.